The lowest BCUT2D eigenvalue weighted by atomic mass is 10.2. The van der Waals surface area contributed by atoms with Gasteiger partial charge in [0.15, 0.2) is 5.16 Å². The highest BCUT2D eigenvalue weighted by molar-refractivity contribution is 8.00. The van der Waals surface area contributed by atoms with E-state index in [0.29, 0.717) is 5.78 Å². The Hall–Kier alpha value is -2.02. The highest BCUT2D eigenvalue weighted by Gasteiger charge is 2.27. The Kier molecular flexibility index (Phi) is 4.54. The molecule has 2 heterocycles. The summed E-state index contributed by atoms with van der Waals surface area (Å²) in [6.07, 6.45) is 0. The van der Waals surface area contributed by atoms with Crippen LogP contribution in [0.4, 0.5) is 0 Å². The Morgan fingerprint density at radius 1 is 1.17 bits per heavy atom. The summed E-state index contributed by atoms with van der Waals surface area (Å²) in [5.41, 5.74) is 1.91. The van der Waals surface area contributed by atoms with E-state index in [0.717, 1.165) is 16.2 Å². The van der Waals surface area contributed by atoms with Crippen LogP contribution in [0.3, 0.4) is 0 Å². The quantitative estimate of drug-likeness (QED) is 0.720. The second-order valence-electron chi connectivity index (χ2n) is 6.46. The van der Waals surface area contributed by atoms with Crippen LogP contribution in [0.2, 0.25) is 0 Å². The zero-order chi connectivity index (χ0) is 17.4. The fraction of sp³-hybridized carbons (Fsp3) is 0.471. The number of nitrogens with one attached hydrogen (secondary N) is 1. The number of nitrogens with zero attached hydrogens (tertiary/aromatic N) is 4. The third-order valence-corrected chi connectivity index (χ3v) is 5.04. The zero-order valence-corrected chi connectivity index (χ0v) is 15.5. The van der Waals surface area contributed by atoms with Gasteiger partial charge in [0, 0.05) is 12.1 Å². The Labute approximate surface area is 145 Å². The molecule has 0 spiro atoms. The van der Waals surface area contributed by atoms with Gasteiger partial charge in [0.1, 0.15) is 0 Å². The molecule has 2 aromatic heterocycles. The Bertz CT molecular complexity index is 858. The van der Waals surface area contributed by atoms with Gasteiger partial charge < -0.3 is 4.90 Å². The Balaban J connectivity index is 1.90. The van der Waals surface area contributed by atoms with Crippen LogP contribution in [0, 0.1) is 0 Å². The van der Waals surface area contributed by atoms with Gasteiger partial charge in [0.05, 0.1) is 16.3 Å². The first kappa shape index (κ1) is 16.8. The number of hydrogen-bond donors (Lipinski definition) is 1. The van der Waals surface area contributed by atoms with Gasteiger partial charge in [-0.25, -0.2) is 10.1 Å². The second-order valence-corrected chi connectivity index (χ2v) is 7.77. The average molecular weight is 345 g/mol. The summed E-state index contributed by atoms with van der Waals surface area (Å²) in [4.78, 5) is 19.3. The number of H-pyrrole nitrogens is 1. The first-order valence-electron chi connectivity index (χ1n) is 8.20. The molecule has 0 aliphatic heterocycles. The largest absolute Gasteiger partial charge is 0.337 e. The molecule has 7 heteroatoms. The van der Waals surface area contributed by atoms with E-state index in [2.05, 4.69) is 15.2 Å². The standard InChI is InChI=1S/C17H23N5OS/c1-10(2)21(11(3)4)15(23)12(5)24-17-20-19-16-18-13-8-6-7-9-14(13)22(16)17/h6-12H,1-5H3,(H,18,19). The second kappa shape index (κ2) is 6.47. The normalized spacial score (nSPS) is 13.3. The number of fused-ring (bicyclic) bond motifs is 3. The highest BCUT2D eigenvalue weighted by atomic mass is 32.2. The first-order valence-corrected chi connectivity index (χ1v) is 9.08. The van der Waals surface area contributed by atoms with Crippen molar-refractivity contribution in [2.24, 2.45) is 0 Å². The van der Waals surface area contributed by atoms with Crippen molar-refractivity contribution in [3.63, 3.8) is 0 Å². The summed E-state index contributed by atoms with van der Waals surface area (Å²) >= 11 is 1.46. The first-order chi connectivity index (χ1) is 11.4. The fourth-order valence-corrected chi connectivity index (χ4v) is 3.97. The lowest BCUT2D eigenvalue weighted by Crippen LogP contribution is -2.45. The summed E-state index contributed by atoms with van der Waals surface area (Å²) in [7, 11) is 0. The molecule has 0 saturated heterocycles. The number of benzene rings is 1. The zero-order valence-electron chi connectivity index (χ0n) is 14.6. The smallest absolute Gasteiger partial charge is 0.236 e. The number of imidazole rings is 1. The van der Waals surface area contributed by atoms with Gasteiger partial charge in [-0.05, 0) is 46.8 Å². The van der Waals surface area contributed by atoms with Gasteiger partial charge in [-0.3, -0.25) is 9.20 Å². The molecule has 0 aliphatic carbocycles. The van der Waals surface area contributed by atoms with Gasteiger partial charge >= 0.3 is 0 Å². The number of hydrogen-bond acceptors (Lipinski definition) is 4. The summed E-state index contributed by atoms with van der Waals surface area (Å²) in [6, 6.07) is 8.27. The molecule has 3 rings (SSSR count). The van der Waals surface area contributed by atoms with Crippen molar-refractivity contribution in [1.29, 1.82) is 0 Å². The van der Waals surface area contributed by atoms with Crippen LogP contribution in [0.25, 0.3) is 16.8 Å². The van der Waals surface area contributed by atoms with Crippen LogP contribution >= 0.6 is 11.8 Å². The van der Waals surface area contributed by atoms with Gasteiger partial charge in [-0.2, -0.15) is 0 Å². The van der Waals surface area contributed by atoms with E-state index in [-0.39, 0.29) is 23.2 Å². The summed E-state index contributed by atoms with van der Waals surface area (Å²) in [5, 5.41) is 7.83. The minimum absolute atomic E-state index is 0.130. The summed E-state index contributed by atoms with van der Waals surface area (Å²) in [5.74, 6) is 0.827. The molecular formula is C17H23N5OS. The van der Waals surface area contributed by atoms with E-state index < -0.39 is 0 Å². The maximum Gasteiger partial charge on any atom is 0.236 e. The predicted octanol–water partition coefficient (Wildman–Crippen LogP) is 3.34. The molecular weight excluding hydrogens is 322 g/mol. The van der Waals surface area contributed by atoms with Gasteiger partial charge in [-0.15, -0.1) is 5.10 Å². The van der Waals surface area contributed by atoms with Crippen molar-refractivity contribution in [2.75, 3.05) is 0 Å². The third kappa shape index (κ3) is 2.88. The number of thioether (sulfide) groups is 1. The molecule has 1 unspecified atom stereocenters. The van der Waals surface area contributed by atoms with Crippen LogP contribution in [0.15, 0.2) is 29.4 Å². The van der Waals surface area contributed by atoms with Crippen molar-refractivity contribution < 1.29 is 4.79 Å². The van der Waals surface area contributed by atoms with Crippen LogP contribution in [-0.4, -0.2) is 47.7 Å². The molecule has 24 heavy (non-hydrogen) atoms. The molecule has 6 nitrogen and oxygen atoms in total. The minimum Gasteiger partial charge on any atom is -0.337 e. The Morgan fingerprint density at radius 2 is 1.83 bits per heavy atom. The van der Waals surface area contributed by atoms with Crippen molar-refractivity contribution in [2.45, 2.75) is 57.1 Å². The molecule has 0 radical (unpaired) electrons. The highest BCUT2D eigenvalue weighted by Crippen LogP contribution is 2.27. The molecule has 0 aliphatic rings. The van der Waals surface area contributed by atoms with Crippen molar-refractivity contribution in [3.05, 3.63) is 24.3 Å². The van der Waals surface area contributed by atoms with E-state index in [1.54, 1.807) is 0 Å². The van der Waals surface area contributed by atoms with E-state index >= 15 is 0 Å². The van der Waals surface area contributed by atoms with Gasteiger partial charge in [0.2, 0.25) is 11.7 Å². The number of rotatable bonds is 5. The molecule has 0 saturated carbocycles. The molecule has 1 atom stereocenters. The van der Waals surface area contributed by atoms with Crippen molar-refractivity contribution in [3.8, 4) is 0 Å². The average Bonchev–Trinajstić information content (AvgIpc) is 3.06. The molecule has 1 N–H and O–H groups in total. The fourth-order valence-electron chi connectivity index (χ4n) is 3.05. The van der Waals surface area contributed by atoms with Crippen molar-refractivity contribution >= 4 is 34.5 Å². The van der Waals surface area contributed by atoms with Crippen LogP contribution in [0.5, 0.6) is 0 Å². The van der Waals surface area contributed by atoms with Gasteiger partial charge in [-0.1, -0.05) is 23.9 Å². The minimum atomic E-state index is -0.220. The molecule has 1 aromatic carbocycles. The van der Waals surface area contributed by atoms with Crippen LogP contribution < -0.4 is 0 Å². The molecule has 0 bridgehead atoms. The van der Waals surface area contributed by atoms with E-state index in [9.17, 15) is 4.79 Å². The molecule has 128 valence electrons. The summed E-state index contributed by atoms with van der Waals surface area (Å²) in [6.45, 7) is 10.1. The van der Waals surface area contributed by atoms with E-state index in [4.69, 9.17) is 0 Å². The van der Waals surface area contributed by atoms with E-state index in [1.165, 1.54) is 11.8 Å². The maximum absolute atomic E-state index is 12.8. The maximum atomic E-state index is 12.8. The lowest BCUT2D eigenvalue weighted by molar-refractivity contribution is -0.133. The number of para-hydroxylation sites is 2. The molecule has 0 fully saturated rings. The molecule has 1 amide bonds. The lowest BCUT2D eigenvalue weighted by Gasteiger charge is -2.32. The van der Waals surface area contributed by atoms with Crippen LogP contribution in [-0.2, 0) is 4.79 Å². The summed E-state index contributed by atoms with van der Waals surface area (Å²) < 4.78 is 1.97. The number of aromatic nitrogens is 4. The third-order valence-electron chi connectivity index (χ3n) is 4.00. The number of amides is 1. The van der Waals surface area contributed by atoms with E-state index in [1.807, 2.05) is 68.2 Å². The number of carbonyl (C=O) groups excluding carboxylic acids is 1. The van der Waals surface area contributed by atoms with Crippen LogP contribution in [0.1, 0.15) is 34.6 Å². The number of carbonyl (C=O) groups is 1. The van der Waals surface area contributed by atoms with Gasteiger partial charge in [0.25, 0.3) is 0 Å². The topological polar surface area (TPSA) is 66.3 Å². The van der Waals surface area contributed by atoms with Crippen molar-refractivity contribution in [1.82, 2.24) is 24.5 Å². The molecule has 3 aromatic rings. The Morgan fingerprint density at radius 3 is 2.50 bits per heavy atom. The predicted molar refractivity (Wildman–Crippen MR) is 97.3 cm³/mol. The monoisotopic (exact) mass is 345 g/mol. The SMILES string of the molecule is CC(Sc1n[nH]c2nc3ccccc3n12)C(=O)N(C(C)C)C(C)C. The number of aromatic amines is 1.